The van der Waals surface area contributed by atoms with Crippen molar-refractivity contribution in [3.05, 3.63) is 17.5 Å². The summed E-state index contributed by atoms with van der Waals surface area (Å²) in [6.45, 7) is 6.67. The van der Waals surface area contributed by atoms with Gasteiger partial charge in [-0.1, -0.05) is 20.8 Å². The van der Waals surface area contributed by atoms with Gasteiger partial charge < -0.3 is 10.0 Å². The lowest BCUT2D eigenvalue weighted by Crippen LogP contribution is -2.31. The number of hydrogen-bond acceptors (Lipinski definition) is 3. The second-order valence-corrected chi connectivity index (χ2v) is 5.86. The zero-order chi connectivity index (χ0) is 15.0. The lowest BCUT2D eigenvalue weighted by atomic mass is 9.99. The lowest BCUT2D eigenvalue weighted by molar-refractivity contribution is -0.142. The quantitative estimate of drug-likeness (QED) is 0.906. The van der Waals surface area contributed by atoms with Gasteiger partial charge in [-0.05, 0) is 17.9 Å². The molecule has 1 aromatic heterocycles. The number of rotatable bonds is 3. The molecule has 2 heterocycles. The molecule has 6 heteroatoms. The largest absolute Gasteiger partial charge is 0.481 e. The van der Waals surface area contributed by atoms with E-state index in [1.165, 1.54) is 0 Å². The summed E-state index contributed by atoms with van der Waals surface area (Å²) < 4.78 is 1.58. The van der Waals surface area contributed by atoms with Crippen LogP contribution in [-0.2, 0) is 11.8 Å². The molecule has 1 amide bonds. The smallest absolute Gasteiger partial charge is 0.308 e. The Morgan fingerprint density at radius 2 is 2.05 bits per heavy atom. The van der Waals surface area contributed by atoms with Crippen LogP contribution in [0, 0.1) is 11.8 Å². The van der Waals surface area contributed by atoms with Crippen molar-refractivity contribution in [1.29, 1.82) is 0 Å². The summed E-state index contributed by atoms with van der Waals surface area (Å²) in [7, 11) is 1.74. The molecular formula is C14H21N3O3. The molecule has 0 bridgehead atoms. The molecule has 2 atom stereocenters. The Bertz CT molecular complexity index is 536. The van der Waals surface area contributed by atoms with Crippen molar-refractivity contribution in [2.45, 2.75) is 26.7 Å². The highest BCUT2D eigenvalue weighted by Crippen LogP contribution is 2.25. The number of carboxylic acids is 1. The van der Waals surface area contributed by atoms with Crippen molar-refractivity contribution in [2.24, 2.45) is 18.9 Å². The summed E-state index contributed by atoms with van der Waals surface area (Å²) in [4.78, 5) is 25.2. The zero-order valence-corrected chi connectivity index (χ0v) is 12.3. The average molecular weight is 279 g/mol. The molecule has 0 aromatic carbocycles. The summed E-state index contributed by atoms with van der Waals surface area (Å²) in [5, 5.41) is 13.5. The van der Waals surface area contributed by atoms with Gasteiger partial charge in [0, 0.05) is 20.1 Å². The van der Waals surface area contributed by atoms with Gasteiger partial charge in [0.1, 0.15) is 5.69 Å². The molecule has 0 radical (unpaired) electrons. The summed E-state index contributed by atoms with van der Waals surface area (Å²) in [6, 6.07) is 1.80. The first-order chi connectivity index (χ1) is 9.31. The fourth-order valence-electron chi connectivity index (χ4n) is 2.59. The van der Waals surface area contributed by atoms with Crippen molar-refractivity contribution >= 4 is 11.9 Å². The molecule has 1 aromatic rings. The molecule has 1 aliphatic rings. The molecule has 1 N–H and O–H groups in total. The molecule has 0 aliphatic carbocycles. The van der Waals surface area contributed by atoms with Crippen LogP contribution in [-0.4, -0.2) is 44.8 Å². The standard InChI is InChI=1S/C14H21N3O3/c1-8(2)11-5-12(16(4)15-11)13(18)17-6-9(3)10(7-17)14(19)20/h5,8-10H,6-7H2,1-4H3,(H,19,20)/t9-,10-/m1/s1. The number of carboxylic acid groups (broad SMARTS) is 1. The van der Waals surface area contributed by atoms with E-state index in [0.29, 0.717) is 12.2 Å². The Morgan fingerprint density at radius 1 is 1.40 bits per heavy atom. The first-order valence-corrected chi connectivity index (χ1v) is 6.87. The topological polar surface area (TPSA) is 75.4 Å². The van der Waals surface area contributed by atoms with E-state index in [2.05, 4.69) is 5.10 Å². The molecule has 1 fully saturated rings. The predicted octanol–water partition coefficient (Wildman–Crippen LogP) is 1.34. The van der Waals surface area contributed by atoms with Gasteiger partial charge in [0.25, 0.3) is 5.91 Å². The average Bonchev–Trinajstić information content (AvgIpc) is 2.92. The van der Waals surface area contributed by atoms with Crippen molar-refractivity contribution in [2.75, 3.05) is 13.1 Å². The number of carbonyl (C=O) groups is 2. The maximum atomic E-state index is 12.5. The molecule has 0 unspecified atom stereocenters. The van der Waals surface area contributed by atoms with Crippen LogP contribution in [0.5, 0.6) is 0 Å². The van der Waals surface area contributed by atoms with Crippen LogP contribution in [0.3, 0.4) is 0 Å². The number of aryl methyl sites for hydroxylation is 1. The van der Waals surface area contributed by atoms with Crippen LogP contribution in [0.4, 0.5) is 0 Å². The molecule has 0 spiro atoms. The number of hydrogen-bond donors (Lipinski definition) is 1. The fraction of sp³-hybridized carbons (Fsp3) is 0.643. The Balaban J connectivity index is 2.19. The summed E-state index contributed by atoms with van der Waals surface area (Å²) in [5.41, 5.74) is 1.39. The second kappa shape index (κ2) is 5.26. The minimum absolute atomic E-state index is 0.0192. The van der Waals surface area contributed by atoms with Crippen molar-refractivity contribution in [1.82, 2.24) is 14.7 Å². The first-order valence-electron chi connectivity index (χ1n) is 6.87. The molecule has 0 saturated carbocycles. The molecule has 2 rings (SSSR count). The maximum Gasteiger partial charge on any atom is 0.308 e. The Kier molecular flexibility index (Phi) is 3.83. The van der Waals surface area contributed by atoms with Crippen molar-refractivity contribution in [3.8, 4) is 0 Å². The number of nitrogens with zero attached hydrogens (tertiary/aromatic N) is 3. The number of aliphatic carboxylic acids is 1. The molecule has 1 aliphatic heterocycles. The van der Waals surface area contributed by atoms with Crippen LogP contribution in [0.2, 0.25) is 0 Å². The summed E-state index contributed by atoms with van der Waals surface area (Å²) in [5.74, 6) is -1.21. The van der Waals surface area contributed by atoms with Gasteiger partial charge >= 0.3 is 5.97 Å². The SMILES string of the molecule is CC(C)c1cc(C(=O)N2C[C@@H](C)[C@H](C(=O)O)C2)n(C)n1. The monoisotopic (exact) mass is 279 g/mol. The Labute approximate surface area is 118 Å². The highest BCUT2D eigenvalue weighted by atomic mass is 16.4. The van der Waals surface area contributed by atoms with Crippen LogP contribution in [0.1, 0.15) is 42.9 Å². The maximum absolute atomic E-state index is 12.5. The van der Waals surface area contributed by atoms with Gasteiger partial charge in [-0.3, -0.25) is 14.3 Å². The number of aromatic nitrogens is 2. The van der Waals surface area contributed by atoms with Crippen molar-refractivity contribution < 1.29 is 14.7 Å². The summed E-state index contributed by atoms with van der Waals surface area (Å²) >= 11 is 0. The van der Waals surface area contributed by atoms with Gasteiger partial charge in [0.15, 0.2) is 0 Å². The zero-order valence-electron chi connectivity index (χ0n) is 12.3. The fourth-order valence-corrected chi connectivity index (χ4v) is 2.59. The number of amides is 1. The second-order valence-electron chi connectivity index (χ2n) is 5.86. The molecular weight excluding hydrogens is 258 g/mol. The number of likely N-dealkylation sites (tertiary alicyclic amines) is 1. The lowest BCUT2D eigenvalue weighted by Gasteiger charge is -2.15. The van der Waals surface area contributed by atoms with Gasteiger partial charge in [0.05, 0.1) is 11.6 Å². The van der Waals surface area contributed by atoms with Crippen LogP contribution < -0.4 is 0 Å². The molecule has 1 saturated heterocycles. The molecule has 20 heavy (non-hydrogen) atoms. The third kappa shape index (κ3) is 2.55. The normalized spacial score (nSPS) is 22.6. The van der Waals surface area contributed by atoms with Gasteiger partial charge in [-0.2, -0.15) is 5.10 Å². The highest BCUT2D eigenvalue weighted by Gasteiger charge is 2.37. The van der Waals surface area contributed by atoms with Gasteiger partial charge in [-0.15, -0.1) is 0 Å². The van der Waals surface area contributed by atoms with Gasteiger partial charge in [0.2, 0.25) is 0 Å². The number of carbonyl (C=O) groups excluding carboxylic acids is 1. The van der Waals surface area contributed by atoms with E-state index in [0.717, 1.165) is 5.69 Å². The van der Waals surface area contributed by atoms with E-state index in [9.17, 15) is 9.59 Å². The van der Waals surface area contributed by atoms with Crippen LogP contribution in [0.15, 0.2) is 6.07 Å². The Hall–Kier alpha value is -1.85. The molecule has 6 nitrogen and oxygen atoms in total. The third-order valence-electron chi connectivity index (χ3n) is 3.93. The molecule has 110 valence electrons. The van der Waals surface area contributed by atoms with E-state index in [1.807, 2.05) is 20.8 Å². The van der Waals surface area contributed by atoms with E-state index in [1.54, 1.807) is 22.7 Å². The van der Waals surface area contributed by atoms with Crippen LogP contribution in [0.25, 0.3) is 0 Å². The van der Waals surface area contributed by atoms with E-state index in [-0.39, 0.29) is 24.3 Å². The minimum Gasteiger partial charge on any atom is -0.481 e. The third-order valence-corrected chi connectivity index (χ3v) is 3.93. The van der Waals surface area contributed by atoms with Crippen molar-refractivity contribution in [3.63, 3.8) is 0 Å². The van der Waals surface area contributed by atoms with Gasteiger partial charge in [-0.25, -0.2) is 0 Å². The summed E-state index contributed by atoms with van der Waals surface area (Å²) in [6.07, 6.45) is 0. The van der Waals surface area contributed by atoms with E-state index in [4.69, 9.17) is 5.11 Å². The Morgan fingerprint density at radius 3 is 2.50 bits per heavy atom. The highest BCUT2D eigenvalue weighted by molar-refractivity contribution is 5.93. The first kappa shape index (κ1) is 14.6. The predicted molar refractivity (Wildman–Crippen MR) is 73.5 cm³/mol. The van der Waals surface area contributed by atoms with E-state index < -0.39 is 11.9 Å². The van der Waals surface area contributed by atoms with Crippen LogP contribution >= 0.6 is 0 Å². The van der Waals surface area contributed by atoms with E-state index >= 15 is 0 Å². The minimum atomic E-state index is -0.833.